The number of halogens is 1. The minimum atomic E-state index is -0.509. The van der Waals surface area contributed by atoms with E-state index in [0.29, 0.717) is 0 Å². The molecule has 0 aliphatic rings. The highest BCUT2D eigenvalue weighted by Gasteiger charge is 2.09. The maximum absolute atomic E-state index is 10.9. The summed E-state index contributed by atoms with van der Waals surface area (Å²) in [5.74, 6) is -0.509. The van der Waals surface area contributed by atoms with Crippen LogP contribution in [-0.2, 0) is 4.74 Å². The Morgan fingerprint density at radius 3 is 2.73 bits per heavy atom. The second kappa shape index (κ2) is 3.30. The first-order valence-electron chi connectivity index (χ1n) is 2.80. The summed E-state index contributed by atoms with van der Waals surface area (Å²) in [6.45, 7) is 0. The molecule has 0 saturated carbocycles. The van der Waals surface area contributed by atoms with E-state index in [1.165, 1.54) is 19.5 Å². The lowest BCUT2D eigenvalue weighted by atomic mass is 10.3. The summed E-state index contributed by atoms with van der Waals surface area (Å²) in [6.07, 6.45) is 2.54. The van der Waals surface area contributed by atoms with Gasteiger partial charge in [-0.25, -0.2) is 4.79 Å². The van der Waals surface area contributed by atoms with Crippen LogP contribution in [0.1, 0.15) is 10.4 Å². The van der Waals surface area contributed by atoms with Crippen molar-refractivity contribution in [3.05, 3.63) is 23.0 Å². The van der Waals surface area contributed by atoms with Gasteiger partial charge in [0.1, 0.15) is 0 Å². The normalized spacial score (nSPS) is 9.27. The third-order valence-corrected chi connectivity index (χ3v) is 1.39. The van der Waals surface area contributed by atoms with Gasteiger partial charge < -0.3 is 4.74 Å². The molecule has 0 atom stereocenters. The highest BCUT2D eigenvalue weighted by atomic mass is 35.5. The summed E-state index contributed by atoms with van der Waals surface area (Å²) in [5.41, 5.74) is 0.226. The van der Waals surface area contributed by atoms with Crippen LogP contribution in [0.25, 0.3) is 0 Å². The van der Waals surface area contributed by atoms with Crippen molar-refractivity contribution in [3.63, 3.8) is 0 Å². The number of hydrogen-bond donors (Lipinski definition) is 0. The molecule has 1 aromatic rings. The minimum absolute atomic E-state index is 0.226. The van der Waals surface area contributed by atoms with Gasteiger partial charge in [-0.1, -0.05) is 11.6 Å². The van der Waals surface area contributed by atoms with Crippen LogP contribution in [0.5, 0.6) is 0 Å². The molecule has 0 aliphatic heterocycles. The van der Waals surface area contributed by atoms with Crippen LogP contribution in [0.3, 0.4) is 0 Å². The number of carbonyl (C=O) groups excluding carboxylic acids is 1. The van der Waals surface area contributed by atoms with E-state index >= 15 is 0 Å². The van der Waals surface area contributed by atoms with E-state index in [1.807, 2.05) is 0 Å². The molecule has 0 radical (unpaired) electrons. The fraction of sp³-hybridized carbons (Fsp3) is 0.167. The smallest absolute Gasteiger partial charge is 0.341 e. The van der Waals surface area contributed by atoms with Crippen molar-refractivity contribution in [3.8, 4) is 0 Å². The molecule has 1 rings (SSSR count). The van der Waals surface area contributed by atoms with E-state index in [2.05, 4.69) is 14.9 Å². The van der Waals surface area contributed by atoms with E-state index in [9.17, 15) is 4.79 Å². The predicted molar refractivity (Wildman–Crippen MR) is 38.4 cm³/mol. The zero-order valence-corrected chi connectivity index (χ0v) is 6.50. The number of carbonyl (C=O) groups is 1. The maximum atomic E-state index is 10.9. The molecule has 4 nitrogen and oxygen atoms in total. The van der Waals surface area contributed by atoms with Gasteiger partial charge in [-0.15, -0.1) is 0 Å². The Labute approximate surface area is 68.1 Å². The molecule has 0 saturated heterocycles. The molecule has 1 heterocycles. The number of methoxy groups -OCH3 is 1. The Bertz CT molecular complexity index is 277. The fourth-order valence-corrected chi connectivity index (χ4v) is 0.736. The topological polar surface area (TPSA) is 52.1 Å². The van der Waals surface area contributed by atoms with Crippen LogP contribution in [-0.4, -0.2) is 23.3 Å². The van der Waals surface area contributed by atoms with Crippen molar-refractivity contribution in [1.82, 2.24) is 10.2 Å². The molecule has 58 valence electrons. The van der Waals surface area contributed by atoms with E-state index in [4.69, 9.17) is 11.6 Å². The zero-order valence-electron chi connectivity index (χ0n) is 5.74. The van der Waals surface area contributed by atoms with Crippen LogP contribution >= 0.6 is 11.6 Å². The van der Waals surface area contributed by atoms with Gasteiger partial charge in [-0.2, -0.15) is 10.2 Å². The quantitative estimate of drug-likeness (QED) is 0.591. The van der Waals surface area contributed by atoms with Crippen LogP contribution in [0.2, 0.25) is 5.02 Å². The average Bonchev–Trinajstić information content (AvgIpc) is 2.04. The first kappa shape index (κ1) is 7.94. The Morgan fingerprint density at radius 2 is 2.18 bits per heavy atom. The van der Waals surface area contributed by atoms with Gasteiger partial charge in [0, 0.05) is 0 Å². The molecular formula is C6H5ClN2O2. The van der Waals surface area contributed by atoms with Gasteiger partial charge in [0.05, 0.1) is 30.1 Å². The molecule has 0 amide bonds. The van der Waals surface area contributed by atoms with Crippen molar-refractivity contribution >= 4 is 17.6 Å². The number of ether oxygens (including phenoxy) is 1. The summed E-state index contributed by atoms with van der Waals surface area (Å²) in [5, 5.41) is 7.19. The molecule has 0 N–H and O–H groups in total. The summed E-state index contributed by atoms with van der Waals surface area (Å²) in [4.78, 5) is 10.9. The molecule has 5 heteroatoms. The summed E-state index contributed by atoms with van der Waals surface area (Å²) in [7, 11) is 1.28. The van der Waals surface area contributed by atoms with E-state index < -0.39 is 5.97 Å². The van der Waals surface area contributed by atoms with Crippen molar-refractivity contribution in [2.75, 3.05) is 7.11 Å². The molecule has 0 bridgehead atoms. The van der Waals surface area contributed by atoms with Gasteiger partial charge >= 0.3 is 5.97 Å². The number of esters is 1. The molecule has 0 unspecified atom stereocenters. The molecule has 11 heavy (non-hydrogen) atoms. The van der Waals surface area contributed by atoms with Crippen LogP contribution in [0.15, 0.2) is 12.4 Å². The second-order valence-corrected chi connectivity index (χ2v) is 2.15. The second-order valence-electron chi connectivity index (χ2n) is 1.74. The van der Waals surface area contributed by atoms with Crippen molar-refractivity contribution in [2.24, 2.45) is 0 Å². The standard InChI is InChI=1S/C6H5ClN2O2/c1-11-6(10)4-2-8-9-3-5(4)7/h2-3H,1H3. The molecular weight excluding hydrogens is 168 g/mol. The molecule has 0 aliphatic carbocycles. The number of rotatable bonds is 1. The zero-order chi connectivity index (χ0) is 8.27. The first-order chi connectivity index (χ1) is 5.25. The van der Waals surface area contributed by atoms with Crippen LogP contribution in [0.4, 0.5) is 0 Å². The van der Waals surface area contributed by atoms with Gasteiger partial charge in [0.25, 0.3) is 0 Å². The van der Waals surface area contributed by atoms with Gasteiger partial charge in [0.15, 0.2) is 0 Å². The lowest BCUT2D eigenvalue weighted by Crippen LogP contribution is -2.02. The SMILES string of the molecule is COC(=O)c1cnncc1Cl. The number of aromatic nitrogens is 2. The lowest BCUT2D eigenvalue weighted by molar-refractivity contribution is 0.0600. The van der Waals surface area contributed by atoms with Crippen LogP contribution < -0.4 is 0 Å². The number of nitrogens with zero attached hydrogens (tertiary/aromatic N) is 2. The van der Waals surface area contributed by atoms with E-state index in [0.717, 1.165) is 0 Å². The molecule has 1 aromatic heterocycles. The highest BCUT2D eigenvalue weighted by Crippen LogP contribution is 2.12. The fourth-order valence-electron chi connectivity index (χ4n) is 0.566. The monoisotopic (exact) mass is 172 g/mol. The molecule has 0 fully saturated rings. The number of hydrogen-bond acceptors (Lipinski definition) is 4. The predicted octanol–water partition coefficient (Wildman–Crippen LogP) is 0.917. The van der Waals surface area contributed by atoms with E-state index in [1.54, 1.807) is 0 Å². The summed E-state index contributed by atoms with van der Waals surface area (Å²) < 4.78 is 4.43. The largest absolute Gasteiger partial charge is 0.465 e. The Morgan fingerprint density at radius 1 is 1.55 bits per heavy atom. The Hall–Kier alpha value is -1.16. The third-order valence-electron chi connectivity index (χ3n) is 1.09. The third kappa shape index (κ3) is 1.65. The first-order valence-corrected chi connectivity index (χ1v) is 3.18. The van der Waals surface area contributed by atoms with E-state index in [-0.39, 0.29) is 10.6 Å². The van der Waals surface area contributed by atoms with Crippen molar-refractivity contribution < 1.29 is 9.53 Å². The van der Waals surface area contributed by atoms with Crippen LogP contribution in [0, 0.1) is 0 Å². The molecule has 0 spiro atoms. The Kier molecular flexibility index (Phi) is 2.38. The van der Waals surface area contributed by atoms with Crippen molar-refractivity contribution in [1.29, 1.82) is 0 Å². The lowest BCUT2D eigenvalue weighted by Gasteiger charge is -1.97. The van der Waals surface area contributed by atoms with Gasteiger partial charge in [-0.3, -0.25) is 0 Å². The highest BCUT2D eigenvalue weighted by molar-refractivity contribution is 6.33. The minimum Gasteiger partial charge on any atom is -0.465 e. The summed E-state index contributed by atoms with van der Waals surface area (Å²) in [6, 6.07) is 0. The molecule has 0 aromatic carbocycles. The van der Waals surface area contributed by atoms with Gasteiger partial charge in [-0.05, 0) is 0 Å². The maximum Gasteiger partial charge on any atom is 0.341 e. The van der Waals surface area contributed by atoms with Gasteiger partial charge in [0.2, 0.25) is 0 Å². The summed E-state index contributed by atoms with van der Waals surface area (Å²) >= 11 is 5.59. The Balaban J connectivity index is 3.03. The van der Waals surface area contributed by atoms with Crippen molar-refractivity contribution in [2.45, 2.75) is 0 Å². The average molecular weight is 173 g/mol.